The van der Waals surface area contributed by atoms with Crippen LogP contribution in [0.4, 0.5) is 0 Å². The van der Waals surface area contributed by atoms with Gasteiger partial charge in [0, 0.05) is 5.69 Å². The number of H-pyrrole nitrogens is 1. The highest BCUT2D eigenvalue weighted by atomic mass is 16.4. The van der Waals surface area contributed by atoms with E-state index in [2.05, 4.69) is 15.5 Å². The van der Waals surface area contributed by atoms with Crippen molar-refractivity contribution in [3.63, 3.8) is 0 Å². The average Bonchev–Trinajstić information content (AvgIpc) is 2.70. The van der Waals surface area contributed by atoms with Gasteiger partial charge in [-0.2, -0.15) is 5.10 Å². The van der Waals surface area contributed by atoms with E-state index in [0.29, 0.717) is 17.7 Å². The van der Waals surface area contributed by atoms with E-state index < -0.39 is 17.9 Å². The first-order valence-corrected chi connectivity index (χ1v) is 5.51. The summed E-state index contributed by atoms with van der Waals surface area (Å²) in [7, 11) is 0. The Hall–Kier alpha value is -1.85. The van der Waals surface area contributed by atoms with Gasteiger partial charge in [-0.25, -0.2) is 4.79 Å². The van der Waals surface area contributed by atoms with E-state index in [1.54, 1.807) is 13.8 Å². The summed E-state index contributed by atoms with van der Waals surface area (Å²) in [6.45, 7) is 5.39. The number of nitrogens with one attached hydrogen (secondary N) is 2. The SMILES string of the molecule is CCC(C)C(NC(=O)c1cn[nH]c1C)C(=O)O. The van der Waals surface area contributed by atoms with Crippen molar-refractivity contribution in [1.29, 1.82) is 0 Å². The van der Waals surface area contributed by atoms with Crippen LogP contribution in [0.2, 0.25) is 0 Å². The molecule has 1 aromatic rings. The minimum atomic E-state index is -1.02. The molecule has 0 bridgehead atoms. The van der Waals surface area contributed by atoms with Gasteiger partial charge in [0.15, 0.2) is 0 Å². The fraction of sp³-hybridized carbons (Fsp3) is 0.545. The van der Waals surface area contributed by atoms with Gasteiger partial charge in [-0.3, -0.25) is 9.89 Å². The molecule has 0 aliphatic rings. The zero-order chi connectivity index (χ0) is 13.0. The molecule has 0 saturated carbocycles. The van der Waals surface area contributed by atoms with Crippen molar-refractivity contribution in [3.05, 3.63) is 17.5 Å². The predicted octanol–water partition coefficient (Wildman–Crippen LogP) is 0.947. The molecule has 1 amide bonds. The summed E-state index contributed by atoms with van der Waals surface area (Å²) in [6, 6.07) is -0.873. The lowest BCUT2D eigenvalue weighted by Gasteiger charge is -2.19. The molecule has 0 spiro atoms. The number of aromatic nitrogens is 2. The first-order chi connectivity index (χ1) is 7.97. The van der Waals surface area contributed by atoms with E-state index in [-0.39, 0.29) is 5.92 Å². The fourth-order valence-electron chi connectivity index (χ4n) is 1.48. The van der Waals surface area contributed by atoms with E-state index in [4.69, 9.17) is 5.11 Å². The molecule has 2 unspecified atom stereocenters. The quantitative estimate of drug-likeness (QED) is 0.712. The molecule has 3 N–H and O–H groups in total. The summed E-state index contributed by atoms with van der Waals surface area (Å²) in [5.74, 6) is -1.55. The molecule has 2 atom stereocenters. The maximum atomic E-state index is 11.8. The molecule has 0 radical (unpaired) electrons. The number of carbonyl (C=O) groups excluding carboxylic acids is 1. The zero-order valence-corrected chi connectivity index (χ0v) is 10.2. The Balaban J connectivity index is 2.78. The van der Waals surface area contributed by atoms with Crippen LogP contribution in [-0.4, -0.2) is 33.2 Å². The zero-order valence-electron chi connectivity index (χ0n) is 10.2. The summed E-state index contributed by atoms with van der Waals surface area (Å²) >= 11 is 0. The second kappa shape index (κ2) is 5.47. The van der Waals surface area contributed by atoms with Crippen molar-refractivity contribution in [2.45, 2.75) is 33.2 Å². The minimum Gasteiger partial charge on any atom is -0.480 e. The Kier molecular flexibility index (Phi) is 4.25. The Morgan fingerprint density at radius 3 is 2.65 bits per heavy atom. The van der Waals surface area contributed by atoms with Gasteiger partial charge in [0.1, 0.15) is 6.04 Å². The summed E-state index contributed by atoms with van der Waals surface area (Å²) in [6.07, 6.45) is 2.07. The fourth-order valence-corrected chi connectivity index (χ4v) is 1.48. The first-order valence-electron chi connectivity index (χ1n) is 5.51. The first kappa shape index (κ1) is 13.2. The number of amides is 1. The van der Waals surface area contributed by atoms with Gasteiger partial charge < -0.3 is 10.4 Å². The third kappa shape index (κ3) is 3.05. The number of carbonyl (C=O) groups is 2. The third-order valence-electron chi connectivity index (χ3n) is 2.84. The van der Waals surface area contributed by atoms with E-state index in [1.165, 1.54) is 6.20 Å². The second-order valence-corrected chi connectivity index (χ2v) is 4.08. The highest BCUT2D eigenvalue weighted by Gasteiger charge is 2.26. The van der Waals surface area contributed by atoms with Gasteiger partial charge in [-0.15, -0.1) is 0 Å². The van der Waals surface area contributed by atoms with Crippen LogP contribution in [0.3, 0.4) is 0 Å². The Bertz CT molecular complexity index is 414. The van der Waals surface area contributed by atoms with Crippen LogP contribution in [-0.2, 0) is 4.79 Å². The lowest BCUT2D eigenvalue weighted by atomic mass is 9.99. The van der Waals surface area contributed by atoms with Crippen LogP contribution in [0.25, 0.3) is 0 Å². The van der Waals surface area contributed by atoms with Crippen molar-refractivity contribution in [2.75, 3.05) is 0 Å². The summed E-state index contributed by atoms with van der Waals surface area (Å²) < 4.78 is 0. The topological polar surface area (TPSA) is 95.1 Å². The number of aromatic amines is 1. The van der Waals surface area contributed by atoms with E-state index in [1.807, 2.05) is 6.92 Å². The third-order valence-corrected chi connectivity index (χ3v) is 2.84. The molecule has 0 aliphatic heterocycles. The van der Waals surface area contributed by atoms with Crippen LogP contribution >= 0.6 is 0 Å². The number of hydrogen-bond donors (Lipinski definition) is 3. The Labute approximate surface area is 99.4 Å². The minimum absolute atomic E-state index is 0.122. The molecule has 6 heteroatoms. The number of nitrogens with zero attached hydrogens (tertiary/aromatic N) is 1. The molecule has 0 saturated heterocycles. The van der Waals surface area contributed by atoms with Crippen molar-refractivity contribution in [3.8, 4) is 0 Å². The largest absolute Gasteiger partial charge is 0.480 e. The molecule has 94 valence electrons. The van der Waals surface area contributed by atoms with Gasteiger partial charge >= 0.3 is 5.97 Å². The van der Waals surface area contributed by atoms with Gasteiger partial charge in [0.25, 0.3) is 5.91 Å². The van der Waals surface area contributed by atoms with Crippen LogP contribution in [0, 0.1) is 12.8 Å². The monoisotopic (exact) mass is 239 g/mol. The van der Waals surface area contributed by atoms with Crippen LogP contribution < -0.4 is 5.32 Å². The predicted molar refractivity (Wildman–Crippen MR) is 61.7 cm³/mol. The van der Waals surface area contributed by atoms with Crippen molar-refractivity contribution in [2.24, 2.45) is 5.92 Å². The Morgan fingerprint density at radius 1 is 1.59 bits per heavy atom. The highest BCUT2D eigenvalue weighted by molar-refractivity contribution is 5.97. The lowest BCUT2D eigenvalue weighted by molar-refractivity contribution is -0.140. The number of aryl methyl sites for hydroxylation is 1. The summed E-state index contributed by atoms with van der Waals surface area (Å²) in [5.41, 5.74) is 0.996. The maximum Gasteiger partial charge on any atom is 0.326 e. The highest BCUT2D eigenvalue weighted by Crippen LogP contribution is 2.10. The standard InChI is InChI=1S/C11H17N3O3/c1-4-6(2)9(11(16)17)13-10(15)8-5-12-14-7(8)3/h5-6,9H,4H2,1-3H3,(H,12,14)(H,13,15)(H,16,17). The molecule has 17 heavy (non-hydrogen) atoms. The van der Waals surface area contributed by atoms with Crippen LogP contribution in [0.1, 0.15) is 36.3 Å². The molecule has 0 aromatic carbocycles. The van der Waals surface area contributed by atoms with E-state index in [9.17, 15) is 9.59 Å². The smallest absolute Gasteiger partial charge is 0.326 e. The second-order valence-electron chi connectivity index (χ2n) is 4.08. The molecule has 0 aliphatic carbocycles. The van der Waals surface area contributed by atoms with E-state index in [0.717, 1.165) is 0 Å². The summed E-state index contributed by atoms with van der Waals surface area (Å²) in [5, 5.41) is 17.9. The van der Waals surface area contributed by atoms with Gasteiger partial charge in [0.2, 0.25) is 0 Å². The molecular formula is C11H17N3O3. The molecule has 0 fully saturated rings. The van der Waals surface area contributed by atoms with Crippen molar-refractivity contribution >= 4 is 11.9 Å². The van der Waals surface area contributed by atoms with Crippen molar-refractivity contribution < 1.29 is 14.7 Å². The normalized spacial score (nSPS) is 14.1. The average molecular weight is 239 g/mol. The Morgan fingerprint density at radius 2 is 2.24 bits per heavy atom. The number of aliphatic carboxylic acids is 1. The lowest BCUT2D eigenvalue weighted by Crippen LogP contribution is -2.45. The van der Waals surface area contributed by atoms with Crippen molar-refractivity contribution in [1.82, 2.24) is 15.5 Å². The molecule has 1 rings (SSSR count). The molecular weight excluding hydrogens is 222 g/mol. The van der Waals surface area contributed by atoms with Crippen LogP contribution in [0.5, 0.6) is 0 Å². The molecule has 6 nitrogen and oxygen atoms in total. The number of rotatable bonds is 5. The number of hydrogen-bond acceptors (Lipinski definition) is 3. The van der Waals surface area contributed by atoms with Gasteiger partial charge in [-0.1, -0.05) is 20.3 Å². The molecule has 1 heterocycles. The number of carboxylic acids is 1. The number of carboxylic acid groups (broad SMARTS) is 1. The van der Waals surface area contributed by atoms with Gasteiger partial charge in [0.05, 0.1) is 11.8 Å². The molecule has 1 aromatic heterocycles. The van der Waals surface area contributed by atoms with E-state index >= 15 is 0 Å². The van der Waals surface area contributed by atoms with Crippen LogP contribution in [0.15, 0.2) is 6.20 Å². The summed E-state index contributed by atoms with van der Waals surface area (Å²) in [4.78, 5) is 22.9. The van der Waals surface area contributed by atoms with Gasteiger partial charge in [-0.05, 0) is 12.8 Å². The maximum absolute atomic E-state index is 11.8.